The second-order valence-corrected chi connectivity index (χ2v) is 12.4. The molecule has 0 aliphatic carbocycles. The molecule has 3 rings (SSSR count). The monoisotopic (exact) mass is 471 g/mol. The lowest BCUT2D eigenvalue weighted by Gasteiger charge is -2.25. The van der Waals surface area contributed by atoms with E-state index in [4.69, 9.17) is 0 Å². The third kappa shape index (κ3) is 5.46. The summed E-state index contributed by atoms with van der Waals surface area (Å²) in [5.41, 5.74) is 1.12. The Labute approximate surface area is 191 Å². The van der Waals surface area contributed by atoms with Gasteiger partial charge in [0.2, 0.25) is 0 Å². The van der Waals surface area contributed by atoms with E-state index in [1.807, 2.05) is 37.3 Å². The number of benzene rings is 3. The van der Waals surface area contributed by atoms with E-state index in [1.165, 1.54) is 24.3 Å². The number of sulfone groups is 2. The Hall–Kier alpha value is -2.48. The summed E-state index contributed by atoms with van der Waals surface area (Å²) in [6.45, 7) is 4.21. The van der Waals surface area contributed by atoms with Gasteiger partial charge in [0.25, 0.3) is 0 Å². The van der Waals surface area contributed by atoms with Crippen LogP contribution in [-0.4, -0.2) is 28.0 Å². The Morgan fingerprint density at radius 2 is 1.06 bits per heavy atom. The third-order valence-electron chi connectivity index (χ3n) is 5.57. The highest BCUT2D eigenvalue weighted by molar-refractivity contribution is 8.09. The Kier molecular flexibility index (Phi) is 7.87. The van der Waals surface area contributed by atoms with Gasteiger partial charge < -0.3 is 5.32 Å². The Balaban J connectivity index is 1.87. The normalized spacial score (nSPS) is 14.2. The van der Waals surface area contributed by atoms with E-state index in [1.54, 1.807) is 43.3 Å². The zero-order valence-electron chi connectivity index (χ0n) is 18.3. The maximum atomic E-state index is 13.5. The van der Waals surface area contributed by atoms with Crippen LogP contribution >= 0.6 is 0 Å². The molecular formula is C25H29NO4S2. The van der Waals surface area contributed by atoms with E-state index < -0.39 is 30.2 Å². The van der Waals surface area contributed by atoms with Gasteiger partial charge in [-0.15, -0.1) is 0 Å². The molecule has 0 aromatic heterocycles. The van der Waals surface area contributed by atoms with Crippen LogP contribution in [0.1, 0.15) is 31.9 Å². The van der Waals surface area contributed by atoms with Crippen molar-refractivity contribution in [3.05, 3.63) is 96.6 Å². The van der Waals surface area contributed by atoms with Crippen molar-refractivity contribution in [2.45, 2.75) is 40.7 Å². The highest BCUT2D eigenvalue weighted by atomic mass is 32.3. The first-order chi connectivity index (χ1) is 15.2. The van der Waals surface area contributed by atoms with E-state index in [2.05, 4.69) is 5.32 Å². The van der Waals surface area contributed by atoms with Gasteiger partial charge in [-0.05, 0) is 55.6 Å². The molecule has 5 nitrogen and oxygen atoms in total. The largest absolute Gasteiger partial charge is 0.310 e. The molecule has 32 heavy (non-hydrogen) atoms. The van der Waals surface area contributed by atoms with Gasteiger partial charge in [0.15, 0.2) is 24.3 Å². The average Bonchev–Trinajstić information content (AvgIpc) is 2.80. The summed E-state index contributed by atoms with van der Waals surface area (Å²) in [5, 5.41) is 3.38. The fourth-order valence-electron chi connectivity index (χ4n) is 3.79. The standard InChI is InChI=1S/C25H29NO4S2/c1-20(18-19-26-21(2)22-12-6-3-7-13-22)25(31(27,28)23-14-8-4-9-15-23)32(29,30)24-16-10-5-11-17-24/h3-17,20-21,25-26H,18-19H2,1-2H3/t20-,21+/m1/s1. The fourth-order valence-corrected chi connectivity index (χ4v) is 8.90. The summed E-state index contributed by atoms with van der Waals surface area (Å²) in [4.78, 5) is 0.0314. The molecule has 0 heterocycles. The third-order valence-corrected chi connectivity index (χ3v) is 11.1. The predicted octanol–water partition coefficient (Wildman–Crippen LogP) is 4.64. The molecular weight excluding hydrogens is 442 g/mol. The molecule has 0 fully saturated rings. The van der Waals surface area contributed by atoms with Crippen LogP contribution in [-0.2, 0) is 19.7 Å². The quantitative estimate of drug-likeness (QED) is 0.466. The molecule has 0 unspecified atom stereocenters. The van der Waals surface area contributed by atoms with Crippen LogP contribution in [0.5, 0.6) is 0 Å². The minimum absolute atomic E-state index is 0.0157. The van der Waals surface area contributed by atoms with E-state index in [0.717, 1.165) is 5.56 Å². The minimum Gasteiger partial charge on any atom is -0.310 e. The lowest BCUT2D eigenvalue weighted by atomic mass is 10.1. The lowest BCUT2D eigenvalue weighted by molar-refractivity contribution is 0.470. The first-order valence-corrected chi connectivity index (χ1v) is 13.7. The summed E-state index contributed by atoms with van der Waals surface area (Å²) in [6, 6.07) is 25.6. The van der Waals surface area contributed by atoms with Gasteiger partial charge in [-0.1, -0.05) is 73.7 Å². The lowest BCUT2D eigenvalue weighted by Crippen LogP contribution is -2.38. The van der Waals surface area contributed by atoms with Gasteiger partial charge in [-0.2, -0.15) is 0 Å². The molecule has 0 aliphatic rings. The highest BCUT2D eigenvalue weighted by Crippen LogP contribution is 2.32. The molecule has 0 aliphatic heterocycles. The molecule has 0 amide bonds. The minimum atomic E-state index is -4.12. The zero-order valence-corrected chi connectivity index (χ0v) is 19.9. The summed E-state index contributed by atoms with van der Waals surface area (Å²) < 4.78 is 52.5. The van der Waals surface area contributed by atoms with Crippen LogP contribution in [0.25, 0.3) is 0 Å². The number of hydrogen-bond acceptors (Lipinski definition) is 5. The van der Waals surface area contributed by atoms with Crippen LogP contribution in [0, 0.1) is 5.92 Å². The van der Waals surface area contributed by atoms with Crippen LogP contribution < -0.4 is 5.32 Å². The van der Waals surface area contributed by atoms with Crippen LogP contribution in [0.15, 0.2) is 101 Å². The van der Waals surface area contributed by atoms with Crippen molar-refractivity contribution in [1.82, 2.24) is 5.32 Å². The van der Waals surface area contributed by atoms with Crippen LogP contribution in [0.2, 0.25) is 0 Å². The van der Waals surface area contributed by atoms with Gasteiger partial charge in [0.1, 0.15) is 0 Å². The second kappa shape index (κ2) is 10.4. The molecule has 0 saturated carbocycles. The van der Waals surface area contributed by atoms with Crippen molar-refractivity contribution in [2.24, 2.45) is 5.92 Å². The molecule has 3 aromatic carbocycles. The van der Waals surface area contributed by atoms with Crippen molar-refractivity contribution in [3.8, 4) is 0 Å². The predicted molar refractivity (Wildman–Crippen MR) is 128 cm³/mol. The van der Waals surface area contributed by atoms with E-state index >= 15 is 0 Å². The smallest absolute Gasteiger partial charge is 0.196 e. The van der Waals surface area contributed by atoms with Gasteiger partial charge in [0, 0.05) is 6.04 Å². The van der Waals surface area contributed by atoms with E-state index in [0.29, 0.717) is 13.0 Å². The SMILES string of the molecule is C[C@H](NCC[C@@H](C)C(S(=O)(=O)c1ccccc1)S(=O)(=O)c1ccccc1)c1ccccc1. The topological polar surface area (TPSA) is 80.3 Å². The van der Waals surface area contributed by atoms with Crippen molar-refractivity contribution in [3.63, 3.8) is 0 Å². The van der Waals surface area contributed by atoms with Gasteiger partial charge >= 0.3 is 0 Å². The van der Waals surface area contributed by atoms with Crippen LogP contribution in [0.4, 0.5) is 0 Å². The number of hydrogen-bond donors (Lipinski definition) is 1. The Morgan fingerprint density at radius 1 is 0.656 bits per heavy atom. The maximum Gasteiger partial charge on any atom is 0.196 e. The molecule has 170 valence electrons. The molecule has 0 radical (unpaired) electrons. The van der Waals surface area contributed by atoms with E-state index in [-0.39, 0.29) is 15.8 Å². The molecule has 0 spiro atoms. The summed E-state index contributed by atoms with van der Waals surface area (Å²) in [7, 11) is -8.25. The van der Waals surface area contributed by atoms with Gasteiger partial charge in [0.05, 0.1) is 9.79 Å². The Bertz CT molecular complexity index is 1130. The highest BCUT2D eigenvalue weighted by Gasteiger charge is 2.43. The first-order valence-electron chi connectivity index (χ1n) is 10.6. The summed E-state index contributed by atoms with van der Waals surface area (Å²) in [5.74, 6) is -0.624. The van der Waals surface area contributed by atoms with Crippen molar-refractivity contribution in [1.29, 1.82) is 0 Å². The van der Waals surface area contributed by atoms with E-state index in [9.17, 15) is 16.8 Å². The zero-order chi connectivity index (χ0) is 23.2. The van der Waals surface area contributed by atoms with Crippen LogP contribution in [0.3, 0.4) is 0 Å². The maximum absolute atomic E-state index is 13.5. The van der Waals surface area contributed by atoms with Crippen molar-refractivity contribution in [2.75, 3.05) is 6.54 Å². The second-order valence-electron chi connectivity index (χ2n) is 7.94. The number of rotatable bonds is 10. The van der Waals surface area contributed by atoms with Gasteiger partial charge in [-0.3, -0.25) is 0 Å². The molecule has 0 bridgehead atoms. The van der Waals surface area contributed by atoms with Crippen molar-refractivity contribution >= 4 is 19.7 Å². The Morgan fingerprint density at radius 3 is 1.50 bits per heavy atom. The van der Waals surface area contributed by atoms with Gasteiger partial charge in [-0.25, -0.2) is 16.8 Å². The molecule has 1 N–H and O–H groups in total. The fraction of sp³-hybridized carbons (Fsp3) is 0.280. The summed E-state index contributed by atoms with van der Waals surface area (Å²) >= 11 is 0. The van der Waals surface area contributed by atoms with Crippen molar-refractivity contribution < 1.29 is 16.8 Å². The number of nitrogens with one attached hydrogen (secondary N) is 1. The molecule has 2 atom stereocenters. The summed E-state index contributed by atoms with van der Waals surface area (Å²) in [6.07, 6.45) is 0.389. The molecule has 0 saturated heterocycles. The molecule has 7 heteroatoms. The first kappa shape index (κ1) is 24.2. The molecule has 3 aromatic rings. The average molecular weight is 472 g/mol.